The summed E-state index contributed by atoms with van der Waals surface area (Å²) in [6.45, 7) is 1.95. The van der Waals surface area contributed by atoms with E-state index in [1.54, 1.807) is 19.1 Å². The van der Waals surface area contributed by atoms with Crippen LogP contribution < -0.4 is 0 Å². The average Bonchev–Trinajstić information content (AvgIpc) is 2.62. The van der Waals surface area contributed by atoms with Crippen molar-refractivity contribution in [1.29, 1.82) is 5.26 Å². The number of benzene rings is 2. The summed E-state index contributed by atoms with van der Waals surface area (Å²) in [5.74, 6) is -1.59. The number of nitro groups is 1. The predicted octanol–water partition coefficient (Wildman–Crippen LogP) is 3.94. The van der Waals surface area contributed by atoms with Gasteiger partial charge >= 0.3 is 5.97 Å². The van der Waals surface area contributed by atoms with Gasteiger partial charge in [0, 0.05) is 18.1 Å². The first kappa shape index (κ1) is 18.1. The van der Waals surface area contributed by atoms with Crippen molar-refractivity contribution in [3.05, 3.63) is 75.8 Å². The fourth-order valence-corrected chi connectivity index (χ4v) is 2.75. The van der Waals surface area contributed by atoms with E-state index in [1.165, 1.54) is 12.1 Å². The zero-order valence-electron chi connectivity index (χ0n) is 13.8. The highest BCUT2D eigenvalue weighted by molar-refractivity contribution is 5.71. The fourth-order valence-electron chi connectivity index (χ4n) is 2.75. The molecular formula is C19H18N2O4. The second-order valence-corrected chi connectivity index (χ2v) is 5.49. The molecule has 0 bridgehead atoms. The molecule has 0 radical (unpaired) electrons. The van der Waals surface area contributed by atoms with Gasteiger partial charge in [0.1, 0.15) is 0 Å². The highest BCUT2D eigenvalue weighted by atomic mass is 16.6. The molecule has 6 nitrogen and oxygen atoms in total. The van der Waals surface area contributed by atoms with Crippen molar-refractivity contribution in [2.45, 2.75) is 25.2 Å². The van der Waals surface area contributed by atoms with E-state index in [2.05, 4.69) is 6.07 Å². The summed E-state index contributed by atoms with van der Waals surface area (Å²) in [6, 6.07) is 17.4. The summed E-state index contributed by atoms with van der Waals surface area (Å²) < 4.78 is 5.02. The first-order chi connectivity index (χ1) is 12.1. The number of rotatable bonds is 7. The van der Waals surface area contributed by atoms with Crippen LogP contribution >= 0.6 is 0 Å². The largest absolute Gasteiger partial charge is 0.466 e. The third kappa shape index (κ3) is 4.64. The molecule has 2 unspecified atom stereocenters. The van der Waals surface area contributed by atoms with Gasteiger partial charge in [-0.15, -0.1) is 0 Å². The van der Waals surface area contributed by atoms with Gasteiger partial charge in [-0.2, -0.15) is 5.26 Å². The Kier molecular flexibility index (Phi) is 6.24. The lowest BCUT2D eigenvalue weighted by molar-refractivity contribution is -0.384. The number of nitro benzene ring substituents is 1. The topological polar surface area (TPSA) is 93.2 Å². The van der Waals surface area contributed by atoms with Crippen LogP contribution in [0.1, 0.15) is 36.3 Å². The van der Waals surface area contributed by atoms with Crippen LogP contribution in [-0.2, 0) is 9.53 Å². The molecule has 2 atom stereocenters. The summed E-state index contributed by atoms with van der Waals surface area (Å²) in [5.41, 5.74) is 1.25. The Bertz CT molecular complexity index is 784. The van der Waals surface area contributed by atoms with Crippen LogP contribution in [-0.4, -0.2) is 17.5 Å². The molecule has 0 spiro atoms. The highest BCUT2D eigenvalue weighted by Gasteiger charge is 2.28. The maximum Gasteiger partial charge on any atom is 0.306 e. The minimum absolute atomic E-state index is 0.0257. The molecule has 0 aliphatic heterocycles. The van der Waals surface area contributed by atoms with E-state index in [0.29, 0.717) is 5.56 Å². The highest BCUT2D eigenvalue weighted by Crippen LogP contribution is 2.36. The first-order valence-electron chi connectivity index (χ1n) is 7.91. The number of nitrogens with zero attached hydrogens (tertiary/aromatic N) is 2. The van der Waals surface area contributed by atoms with Gasteiger partial charge < -0.3 is 4.74 Å². The van der Waals surface area contributed by atoms with Gasteiger partial charge in [-0.05, 0) is 18.1 Å². The standard InChI is InChI=1S/C19H18N2O4/c1-2-25-19(22)12-17(15-9-6-10-16(11-15)21(23)24)18(13-20)14-7-4-3-5-8-14/h3-11,17-18H,2,12H2,1H3. The maximum atomic E-state index is 12.0. The SMILES string of the molecule is CCOC(=O)CC(c1cccc([N+](=O)[O-])c1)C(C#N)c1ccccc1. The lowest BCUT2D eigenvalue weighted by Gasteiger charge is -2.22. The second-order valence-electron chi connectivity index (χ2n) is 5.49. The normalized spacial score (nSPS) is 12.6. The molecule has 0 saturated carbocycles. The van der Waals surface area contributed by atoms with E-state index in [1.807, 2.05) is 30.3 Å². The minimum atomic E-state index is -0.618. The molecule has 0 aromatic heterocycles. The summed E-state index contributed by atoms with van der Waals surface area (Å²) in [4.78, 5) is 22.6. The molecule has 0 heterocycles. The van der Waals surface area contributed by atoms with Gasteiger partial charge in [-0.25, -0.2) is 0 Å². The van der Waals surface area contributed by atoms with Gasteiger partial charge in [-0.3, -0.25) is 14.9 Å². The Labute approximate surface area is 145 Å². The smallest absolute Gasteiger partial charge is 0.306 e. The Morgan fingerprint density at radius 2 is 1.88 bits per heavy atom. The molecule has 6 heteroatoms. The third-order valence-corrected chi connectivity index (χ3v) is 3.90. The van der Waals surface area contributed by atoms with E-state index in [4.69, 9.17) is 4.74 Å². The molecule has 0 saturated heterocycles. The quantitative estimate of drug-likeness (QED) is 0.433. The summed E-state index contributed by atoms with van der Waals surface area (Å²) in [7, 11) is 0. The Balaban J connectivity index is 2.45. The van der Waals surface area contributed by atoms with Gasteiger partial charge in [0.05, 0.1) is 29.9 Å². The molecule has 128 valence electrons. The van der Waals surface area contributed by atoms with E-state index in [9.17, 15) is 20.2 Å². The molecule has 0 amide bonds. The molecule has 0 aliphatic carbocycles. The molecule has 0 fully saturated rings. The molecular weight excluding hydrogens is 320 g/mol. The van der Waals surface area contributed by atoms with Crippen LogP contribution in [0.3, 0.4) is 0 Å². The number of non-ortho nitro benzene ring substituents is 1. The Morgan fingerprint density at radius 1 is 1.20 bits per heavy atom. The zero-order valence-corrected chi connectivity index (χ0v) is 13.8. The Morgan fingerprint density at radius 3 is 2.48 bits per heavy atom. The van der Waals surface area contributed by atoms with Crippen molar-refractivity contribution in [3.8, 4) is 6.07 Å². The number of hydrogen-bond acceptors (Lipinski definition) is 5. The van der Waals surface area contributed by atoms with E-state index < -0.39 is 22.7 Å². The lowest BCUT2D eigenvalue weighted by Crippen LogP contribution is -2.16. The third-order valence-electron chi connectivity index (χ3n) is 3.90. The van der Waals surface area contributed by atoms with Crippen molar-refractivity contribution in [2.24, 2.45) is 0 Å². The van der Waals surface area contributed by atoms with Gasteiger partial charge in [0.2, 0.25) is 0 Å². The minimum Gasteiger partial charge on any atom is -0.466 e. The first-order valence-corrected chi connectivity index (χ1v) is 7.91. The van der Waals surface area contributed by atoms with Gasteiger partial charge in [0.25, 0.3) is 5.69 Å². The molecule has 25 heavy (non-hydrogen) atoms. The number of nitriles is 1. The van der Waals surface area contributed by atoms with Crippen molar-refractivity contribution < 1.29 is 14.5 Å². The number of carbonyl (C=O) groups is 1. The fraction of sp³-hybridized carbons (Fsp3) is 0.263. The number of carbonyl (C=O) groups excluding carboxylic acids is 1. The van der Waals surface area contributed by atoms with Crippen LogP contribution in [0.5, 0.6) is 0 Å². The zero-order chi connectivity index (χ0) is 18.2. The van der Waals surface area contributed by atoms with Crippen molar-refractivity contribution in [2.75, 3.05) is 6.61 Å². The molecule has 2 aromatic carbocycles. The number of ether oxygens (including phenoxy) is 1. The predicted molar refractivity (Wildman–Crippen MR) is 91.9 cm³/mol. The van der Waals surface area contributed by atoms with Crippen LogP contribution in [0.4, 0.5) is 5.69 Å². The molecule has 2 aromatic rings. The van der Waals surface area contributed by atoms with Crippen molar-refractivity contribution in [1.82, 2.24) is 0 Å². The molecule has 0 N–H and O–H groups in total. The Hall–Kier alpha value is -3.20. The number of hydrogen-bond donors (Lipinski definition) is 0. The summed E-state index contributed by atoms with van der Waals surface area (Å²) in [6.07, 6.45) is -0.0257. The van der Waals surface area contributed by atoms with Crippen LogP contribution in [0.2, 0.25) is 0 Å². The van der Waals surface area contributed by atoms with Gasteiger partial charge in [0.15, 0.2) is 0 Å². The van der Waals surface area contributed by atoms with E-state index >= 15 is 0 Å². The number of esters is 1. The lowest BCUT2D eigenvalue weighted by atomic mass is 9.80. The van der Waals surface area contributed by atoms with Crippen LogP contribution in [0.25, 0.3) is 0 Å². The second kappa shape index (κ2) is 8.60. The summed E-state index contributed by atoms with van der Waals surface area (Å²) in [5, 5.41) is 20.8. The van der Waals surface area contributed by atoms with Crippen molar-refractivity contribution in [3.63, 3.8) is 0 Å². The van der Waals surface area contributed by atoms with Gasteiger partial charge in [-0.1, -0.05) is 42.5 Å². The summed E-state index contributed by atoms with van der Waals surface area (Å²) >= 11 is 0. The van der Waals surface area contributed by atoms with Crippen molar-refractivity contribution >= 4 is 11.7 Å². The maximum absolute atomic E-state index is 12.0. The molecule has 2 rings (SSSR count). The van der Waals surface area contributed by atoms with Crippen LogP contribution in [0.15, 0.2) is 54.6 Å². The van der Waals surface area contributed by atoms with E-state index in [0.717, 1.165) is 5.56 Å². The molecule has 0 aliphatic rings. The van der Waals surface area contributed by atoms with Crippen LogP contribution in [0, 0.1) is 21.4 Å². The van der Waals surface area contributed by atoms with E-state index in [-0.39, 0.29) is 18.7 Å². The monoisotopic (exact) mass is 338 g/mol. The average molecular weight is 338 g/mol.